The largest absolute Gasteiger partial charge is 0.348 e. The van der Waals surface area contributed by atoms with Gasteiger partial charge in [0.15, 0.2) is 0 Å². The summed E-state index contributed by atoms with van der Waals surface area (Å²) < 4.78 is 1.78. The second-order valence-corrected chi connectivity index (χ2v) is 5.33. The molecule has 0 aliphatic rings. The van der Waals surface area contributed by atoms with Crippen LogP contribution >= 0.6 is 12.6 Å². The summed E-state index contributed by atoms with van der Waals surface area (Å²) in [5.41, 5.74) is 3.69. The second kappa shape index (κ2) is 6.13. The standard InChI is InChI=1S/C15H19N3OS/c1-4-14-11(9-18(3)17-14)8-16-15(19)13-7-12(20)6-5-10(13)2/h5-7,9,20H,4,8H2,1-3H3,(H,16,19). The molecule has 1 aromatic heterocycles. The van der Waals surface area contributed by atoms with Crippen LogP contribution in [0.3, 0.4) is 0 Å². The molecular weight excluding hydrogens is 270 g/mol. The number of nitrogens with one attached hydrogen (secondary N) is 1. The van der Waals surface area contributed by atoms with Gasteiger partial charge in [0.05, 0.1) is 5.69 Å². The molecule has 0 spiro atoms. The highest BCUT2D eigenvalue weighted by molar-refractivity contribution is 7.80. The number of carbonyl (C=O) groups excluding carboxylic acids is 1. The van der Waals surface area contributed by atoms with Crippen LogP contribution in [0.15, 0.2) is 29.3 Å². The Bertz CT molecular complexity index is 634. The molecule has 106 valence electrons. The van der Waals surface area contributed by atoms with Crippen molar-refractivity contribution in [1.82, 2.24) is 15.1 Å². The molecule has 1 amide bonds. The van der Waals surface area contributed by atoms with Gasteiger partial charge in [-0.05, 0) is 31.0 Å². The summed E-state index contributed by atoms with van der Waals surface area (Å²) in [6.07, 6.45) is 2.80. The molecule has 0 aliphatic heterocycles. The van der Waals surface area contributed by atoms with E-state index < -0.39 is 0 Å². The van der Waals surface area contributed by atoms with Gasteiger partial charge < -0.3 is 5.32 Å². The van der Waals surface area contributed by atoms with Crippen LogP contribution in [-0.2, 0) is 20.0 Å². The zero-order valence-electron chi connectivity index (χ0n) is 12.0. The Morgan fingerprint density at radius 1 is 1.45 bits per heavy atom. The molecule has 0 unspecified atom stereocenters. The minimum absolute atomic E-state index is 0.0793. The maximum atomic E-state index is 12.2. The van der Waals surface area contributed by atoms with Crippen LogP contribution in [0.2, 0.25) is 0 Å². The van der Waals surface area contributed by atoms with Crippen LogP contribution in [0, 0.1) is 6.92 Å². The van der Waals surface area contributed by atoms with E-state index in [4.69, 9.17) is 0 Å². The smallest absolute Gasteiger partial charge is 0.251 e. The van der Waals surface area contributed by atoms with Gasteiger partial charge in [0, 0.05) is 35.8 Å². The molecule has 4 nitrogen and oxygen atoms in total. The molecule has 0 aliphatic carbocycles. The Balaban J connectivity index is 2.10. The Labute approximate surface area is 124 Å². The average molecular weight is 289 g/mol. The topological polar surface area (TPSA) is 46.9 Å². The lowest BCUT2D eigenvalue weighted by atomic mass is 10.1. The zero-order chi connectivity index (χ0) is 14.7. The first-order valence-electron chi connectivity index (χ1n) is 6.60. The van der Waals surface area contributed by atoms with E-state index in [1.165, 1.54) is 0 Å². The minimum atomic E-state index is -0.0793. The number of aromatic nitrogens is 2. The molecule has 1 N–H and O–H groups in total. The fraction of sp³-hybridized carbons (Fsp3) is 0.333. The predicted molar refractivity (Wildman–Crippen MR) is 82.2 cm³/mol. The lowest BCUT2D eigenvalue weighted by molar-refractivity contribution is 0.0950. The Hall–Kier alpha value is -1.75. The first-order valence-corrected chi connectivity index (χ1v) is 7.05. The molecule has 2 aromatic rings. The normalized spacial score (nSPS) is 10.6. The van der Waals surface area contributed by atoms with Crippen molar-refractivity contribution in [2.45, 2.75) is 31.7 Å². The monoisotopic (exact) mass is 289 g/mol. The third-order valence-corrected chi connectivity index (χ3v) is 3.51. The van der Waals surface area contributed by atoms with E-state index in [2.05, 4.69) is 30.0 Å². The molecule has 5 heteroatoms. The number of thiol groups is 1. The van der Waals surface area contributed by atoms with Gasteiger partial charge in [-0.15, -0.1) is 12.6 Å². The maximum absolute atomic E-state index is 12.2. The molecule has 2 rings (SSSR count). The van der Waals surface area contributed by atoms with Crippen LogP contribution < -0.4 is 5.32 Å². The van der Waals surface area contributed by atoms with Crippen molar-refractivity contribution in [2.24, 2.45) is 7.05 Å². The fourth-order valence-corrected chi connectivity index (χ4v) is 2.36. The summed E-state index contributed by atoms with van der Waals surface area (Å²) in [4.78, 5) is 13.0. The van der Waals surface area contributed by atoms with Crippen LogP contribution in [0.4, 0.5) is 0 Å². The molecule has 0 saturated heterocycles. The quantitative estimate of drug-likeness (QED) is 0.850. The molecule has 0 radical (unpaired) electrons. The molecule has 0 atom stereocenters. The fourth-order valence-electron chi connectivity index (χ4n) is 2.15. The highest BCUT2D eigenvalue weighted by atomic mass is 32.1. The van der Waals surface area contributed by atoms with E-state index >= 15 is 0 Å². The van der Waals surface area contributed by atoms with Crippen molar-refractivity contribution in [1.29, 1.82) is 0 Å². The van der Waals surface area contributed by atoms with Gasteiger partial charge in [-0.1, -0.05) is 13.0 Å². The van der Waals surface area contributed by atoms with Crippen molar-refractivity contribution in [3.8, 4) is 0 Å². The van der Waals surface area contributed by atoms with Gasteiger partial charge in [-0.25, -0.2) is 0 Å². The lowest BCUT2D eigenvalue weighted by Gasteiger charge is -2.08. The summed E-state index contributed by atoms with van der Waals surface area (Å²) in [7, 11) is 1.89. The Morgan fingerprint density at radius 3 is 2.90 bits per heavy atom. The number of nitrogens with zero attached hydrogens (tertiary/aromatic N) is 2. The van der Waals surface area contributed by atoms with Crippen molar-refractivity contribution < 1.29 is 4.79 Å². The van der Waals surface area contributed by atoms with Crippen molar-refractivity contribution in [3.05, 3.63) is 46.8 Å². The highest BCUT2D eigenvalue weighted by Gasteiger charge is 2.11. The first kappa shape index (κ1) is 14.7. The van der Waals surface area contributed by atoms with E-state index in [-0.39, 0.29) is 5.91 Å². The maximum Gasteiger partial charge on any atom is 0.251 e. The van der Waals surface area contributed by atoms with Crippen LogP contribution in [0.25, 0.3) is 0 Å². The van der Waals surface area contributed by atoms with Gasteiger partial charge in [0.1, 0.15) is 0 Å². The molecule has 0 bridgehead atoms. The third-order valence-electron chi connectivity index (χ3n) is 3.23. The van der Waals surface area contributed by atoms with Crippen molar-refractivity contribution in [2.75, 3.05) is 0 Å². The van der Waals surface area contributed by atoms with Crippen LogP contribution in [0.1, 0.15) is 34.1 Å². The highest BCUT2D eigenvalue weighted by Crippen LogP contribution is 2.14. The molecule has 1 aromatic carbocycles. The van der Waals surface area contributed by atoms with Crippen LogP contribution in [-0.4, -0.2) is 15.7 Å². The van der Waals surface area contributed by atoms with Gasteiger partial charge in [0.2, 0.25) is 0 Å². The van der Waals surface area contributed by atoms with Gasteiger partial charge in [0.25, 0.3) is 5.91 Å². The van der Waals surface area contributed by atoms with E-state index in [9.17, 15) is 4.79 Å². The molecule has 1 heterocycles. The summed E-state index contributed by atoms with van der Waals surface area (Å²) in [5, 5.41) is 7.31. The molecule has 0 saturated carbocycles. The van der Waals surface area contributed by atoms with E-state index in [1.807, 2.05) is 32.3 Å². The van der Waals surface area contributed by atoms with Crippen LogP contribution in [0.5, 0.6) is 0 Å². The average Bonchev–Trinajstić information content (AvgIpc) is 2.79. The van der Waals surface area contributed by atoms with Crippen molar-refractivity contribution >= 4 is 18.5 Å². The first-order chi connectivity index (χ1) is 9.51. The number of aryl methyl sites for hydroxylation is 3. The Kier molecular flexibility index (Phi) is 4.49. The predicted octanol–water partition coefficient (Wildman–Crippen LogP) is 2.51. The molecule has 0 fully saturated rings. The Morgan fingerprint density at radius 2 is 2.20 bits per heavy atom. The number of amides is 1. The number of rotatable bonds is 4. The van der Waals surface area contributed by atoms with Gasteiger partial charge in [-0.2, -0.15) is 5.10 Å². The second-order valence-electron chi connectivity index (χ2n) is 4.81. The van der Waals surface area contributed by atoms with E-state index in [0.717, 1.165) is 28.1 Å². The number of hydrogen-bond donors (Lipinski definition) is 2. The summed E-state index contributed by atoms with van der Waals surface area (Å²) >= 11 is 4.28. The molecular formula is C15H19N3OS. The minimum Gasteiger partial charge on any atom is -0.348 e. The summed E-state index contributed by atoms with van der Waals surface area (Å²) in [6, 6.07) is 5.57. The summed E-state index contributed by atoms with van der Waals surface area (Å²) in [5.74, 6) is -0.0793. The third kappa shape index (κ3) is 3.22. The SMILES string of the molecule is CCc1nn(C)cc1CNC(=O)c1cc(S)ccc1C. The molecule has 20 heavy (non-hydrogen) atoms. The number of hydrogen-bond acceptors (Lipinski definition) is 3. The van der Waals surface area contributed by atoms with Crippen molar-refractivity contribution in [3.63, 3.8) is 0 Å². The van der Waals surface area contributed by atoms with E-state index in [0.29, 0.717) is 12.1 Å². The summed E-state index contributed by atoms with van der Waals surface area (Å²) in [6.45, 7) is 4.47. The number of benzene rings is 1. The van der Waals surface area contributed by atoms with E-state index in [1.54, 1.807) is 10.7 Å². The zero-order valence-corrected chi connectivity index (χ0v) is 12.9. The van der Waals surface area contributed by atoms with Gasteiger partial charge in [-0.3, -0.25) is 9.48 Å². The number of carbonyl (C=O) groups is 1. The lowest BCUT2D eigenvalue weighted by Crippen LogP contribution is -2.24. The van der Waals surface area contributed by atoms with Gasteiger partial charge >= 0.3 is 0 Å².